The Balaban J connectivity index is 1.55. The first-order valence-electron chi connectivity index (χ1n) is 14.4. The number of aliphatic hydroxyl groups is 1. The van der Waals surface area contributed by atoms with Crippen LogP contribution in [0.1, 0.15) is 50.2 Å². The van der Waals surface area contributed by atoms with Crippen molar-refractivity contribution >= 4 is 61.4 Å². The molecule has 1 aliphatic rings. The van der Waals surface area contributed by atoms with Gasteiger partial charge in [0.1, 0.15) is 11.3 Å². The van der Waals surface area contributed by atoms with Crippen LogP contribution in [-0.2, 0) is 9.59 Å². The SMILES string of the molecule is CCOc1cc(C2C(=C(O)c3c(C)nc4ccccn34)C(=O)C(=O)N2c2nc3ccc(Cl)cc3s2)ccc1OCCC(C)C. The predicted octanol–water partition coefficient (Wildman–Crippen LogP) is 7.36. The Kier molecular flexibility index (Phi) is 8.04. The fraction of sp³-hybridized carbons (Fsp3) is 0.273. The molecular weight excluding hydrogens is 600 g/mol. The van der Waals surface area contributed by atoms with E-state index in [2.05, 4.69) is 23.8 Å². The predicted molar refractivity (Wildman–Crippen MR) is 172 cm³/mol. The van der Waals surface area contributed by atoms with Gasteiger partial charge in [-0.25, -0.2) is 9.97 Å². The van der Waals surface area contributed by atoms with Crippen molar-refractivity contribution < 1.29 is 24.2 Å². The van der Waals surface area contributed by atoms with Crippen molar-refractivity contribution in [3.8, 4) is 11.5 Å². The van der Waals surface area contributed by atoms with Crippen LogP contribution < -0.4 is 14.4 Å². The number of rotatable bonds is 9. The van der Waals surface area contributed by atoms with Crippen LogP contribution in [-0.4, -0.2) is 44.4 Å². The van der Waals surface area contributed by atoms with Crippen molar-refractivity contribution in [3.63, 3.8) is 0 Å². The molecule has 1 N–H and O–H groups in total. The Hall–Kier alpha value is -4.41. The lowest BCUT2D eigenvalue weighted by atomic mass is 9.96. The van der Waals surface area contributed by atoms with Gasteiger partial charge in [0, 0.05) is 11.2 Å². The fourth-order valence-corrected chi connectivity index (χ4v) is 6.62. The van der Waals surface area contributed by atoms with E-state index in [0.29, 0.717) is 68.9 Å². The molecule has 2 aromatic carbocycles. The van der Waals surface area contributed by atoms with Crippen molar-refractivity contribution in [2.75, 3.05) is 18.1 Å². The smallest absolute Gasteiger partial charge is 0.301 e. The van der Waals surface area contributed by atoms with Crippen LogP contribution in [0.2, 0.25) is 5.02 Å². The van der Waals surface area contributed by atoms with E-state index in [0.717, 1.165) is 11.1 Å². The number of nitrogens with zero attached hydrogens (tertiary/aromatic N) is 4. The largest absolute Gasteiger partial charge is 0.505 e. The van der Waals surface area contributed by atoms with Gasteiger partial charge in [-0.15, -0.1) is 0 Å². The zero-order valence-corrected chi connectivity index (χ0v) is 26.3. The molecule has 0 saturated carbocycles. The van der Waals surface area contributed by atoms with E-state index in [-0.39, 0.29) is 11.3 Å². The highest BCUT2D eigenvalue weighted by molar-refractivity contribution is 7.22. The first-order valence-corrected chi connectivity index (χ1v) is 15.6. The van der Waals surface area contributed by atoms with E-state index in [9.17, 15) is 14.7 Å². The number of aromatic nitrogens is 3. The summed E-state index contributed by atoms with van der Waals surface area (Å²) in [5, 5.41) is 12.7. The number of aryl methyl sites for hydroxylation is 1. The number of carbonyl (C=O) groups is 2. The number of carbonyl (C=O) groups excluding carboxylic acids is 2. The number of imidazole rings is 1. The number of aliphatic hydroxyl groups excluding tert-OH is 1. The third-order valence-corrected chi connectivity index (χ3v) is 8.71. The third-order valence-electron chi connectivity index (χ3n) is 7.45. The number of ether oxygens (including phenoxy) is 2. The molecular formula is C33H31ClN4O5S. The molecule has 1 saturated heterocycles. The second kappa shape index (κ2) is 11.9. The van der Waals surface area contributed by atoms with Crippen molar-refractivity contribution in [3.05, 3.63) is 88.3 Å². The molecule has 1 amide bonds. The van der Waals surface area contributed by atoms with Crippen LogP contribution in [0.5, 0.6) is 11.5 Å². The second-order valence-corrected chi connectivity index (χ2v) is 12.4. The molecule has 0 spiro atoms. The average Bonchev–Trinajstić information content (AvgIpc) is 3.63. The molecule has 1 aliphatic heterocycles. The number of pyridine rings is 1. The van der Waals surface area contributed by atoms with Gasteiger partial charge >= 0.3 is 5.91 Å². The molecule has 9 nitrogen and oxygen atoms in total. The number of hydrogen-bond donors (Lipinski definition) is 1. The summed E-state index contributed by atoms with van der Waals surface area (Å²) < 4.78 is 14.5. The second-order valence-electron chi connectivity index (χ2n) is 10.9. The molecule has 0 radical (unpaired) electrons. The monoisotopic (exact) mass is 630 g/mol. The van der Waals surface area contributed by atoms with Gasteiger partial charge in [-0.1, -0.05) is 48.9 Å². The lowest BCUT2D eigenvalue weighted by molar-refractivity contribution is -0.132. The zero-order chi connectivity index (χ0) is 31.1. The zero-order valence-electron chi connectivity index (χ0n) is 24.7. The summed E-state index contributed by atoms with van der Waals surface area (Å²) >= 11 is 7.47. The molecule has 1 fully saturated rings. The molecule has 1 unspecified atom stereocenters. The number of thiazole rings is 1. The minimum atomic E-state index is -1.01. The van der Waals surface area contributed by atoms with Crippen LogP contribution in [0.4, 0.5) is 5.13 Å². The summed E-state index contributed by atoms with van der Waals surface area (Å²) in [5.41, 5.74) is 2.56. The summed E-state index contributed by atoms with van der Waals surface area (Å²) in [7, 11) is 0. The van der Waals surface area contributed by atoms with Crippen LogP contribution in [0.25, 0.3) is 21.6 Å². The maximum Gasteiger partial charge on any atom is 0.301 e. The molecule has 226 valence electrons. The van der Waals surface area contributed by atoms with Crippen LogP contribution >= 0.6 is 22.9 Å². The van der Waals surface area contributed by atoms with Gasteiger partial charge in [0.25, 0.3) is 5.78 Å². The van der Waals surface area contributed by atoms with E-state index in [4.69, 9.17) is 21.1 Å². The average molecular weight is 631 g/mol. The van der Waals surface area contributed by atoms with E-state index < -0.39 is 17.7 Å². The van der Waals surface area contributed by atoms with Crippen molar-refractivity contribution in [1.82, 2.24) is 14.4 Å². The molecule has 6 rings (SSSR count). The standard InChI is InChI=1S/C33H31ClN4O5S/c1-5-42-24-16-20(9-12-23(24)43-15-13-18(2)3)29-27(30(39)28-19(4)35-26-8-6-7-14-37(26)28)31(40)32(41)38(29)33-36-22-11-10-21(34)17-25(22)44-33/h6-12,14,16-18,29,39H,5,13,15H2,1-4H3. The summed E-state index contributed by atoms with van der Waals surface area (Å²) in [6, 6.07) is 15.0. The van der Waals surface area contributed by atoms with Crippen LogP contribution in [0, 0.1) is 12.8 Å². The van der Waals surface area contributed by atoms with E-state index in [1.54, 1.807) is 66.1 Å². The van der Waals surface area contributed by atoms with Gasteiger partial charge in [0.05, 0.1) is 40.7 Å². The number of fused-ring (bicyclic) bond motifs is 2. The summed E-state index contributed by atoms with van der Waals surface area (Å²) in [6.45, 7) is 8.76. The molecule has 0 aliphatic carbocycles. The van der Waals surface area contributed by atoms with Crippen LogP contribution in [0.3, 0.4) is 0 Å². The Labute approximate surface area is 263 Å². The minimum absolute atomic E-state index is 0.0723. The van der Waals surface area contributed by atoms with Gasteiger partial charge < -0.3 is 14.6 Å². The Morgan fingerprint density at radius 3 is 2.66 bits per heavy atom. The van der Waals surface area contributed by atoms with Crippen LogP contribution in [0.15, 0.2) is 66.4 Å². The van der Waals surface area contributed by atoms with Gasteiger partial charge in [-0.05, 0) is 74.2 Å². The fourth-order valence-electron chi connectivity index (χ4n) is 5.35. The Morgan fingerprint density at radius 1 is 1.07 bits per heavy atom. The molecule has 3 aromatic heterocycles. The summed E-state index contributed by atoms with van der Waals surface area (Å²) in [6.07, 6.45) is 2.62. The number of halogens is 1. The third kappa shape index (κ3) is 5.28. The first-order chi connectivity index (χ1) is 21.2. The maximum atomic E-state index is 13.9. The normalized spacial score (nSPS) is 16.5. The lowest BCUT2D eigenvalue weighted by Crippen LogP contribution is -2.29. The number of Topliss-reactive ketones (excluding diaryl/α,β-unsaturated/α-hetero) is 1. The highest BCUT2D eigenvalue weighted by Crippen LogP contribution is 2.46. The Bertz CT molecular complexity index is 1950. The highest BCUT2D eigenvalue weighted by atomic mass is 35.5. The van der Waals surface area contributed by atoms with Gasteiger partial charge in [-0.3, -0.25) is 18.9 Å². The summed E-state index contributed by atoms with van der Waals surface area (Å²) in [4.78, 5) is 38.3. The molecule has 11 heteroatoms. The number of anilines is 1. The van der Waals surface area contributed by atoms with E-state index in [1.807, 2.05) is 13.0 Å². The number of ketones is 1. The molecule has 0 bridgehead atoms. The van der Waals surface area contributed by atoms with Gasteiger partial charge in [0.15, 0.2) is 22.4 Å². The summed E-state index contributed by atoms with van der Waals surface area (Å²) in [5.74, 6) is -0.460. The van der Waals surface area contributed by atoms with Gasteiger partial charge in [-0.2, -0.15) is 0 Å². The quantitative estimate of drug-likeness (QED) is 0.103. The Morgan fingerprint density at radius 2 is 1.89 bits per heavy atom. The number of amides is 1. The number of hydrogen-bond acceptors (Lipinski definition) is 8. The molecule has 44 heavy (non-hydrogen) atoms. The highest BCUT2D eigenvalue weighted by Gasteiger charge is 2.49. The lowest BCUT2D eigenvalue weighted by Gasteiger charge is -2.24. The van der Waals surface area contributed by atoms with Crippen molar-refractivity contribution in [2.45, 2.75) is 40.2 Å². The van der Waals surface area contributed by atoms with Crippen molar-refractivity contribution in [2.24, 2.45) is 5.92 Å². The van der Waals surface area contributed by atoms with Crippen molar-refractivity contribution in [1.29, 1.82) is 0 Å². The molecule has 1 atom stereocenters. The molecule has 4 heterocycles. The maximum absolute atomic E-state index is 13.9. The van der Waals surface area contributed by atoms with E-state index >= 15 is 0 Å². The van der Waals surface area contributed by atoms with E-state index in [1.165, 1.54) is 16.2 Å². The molecule has 5 aromatic rings. The van der Waals surface area contributed by atoms with Gasteiger partial charge in [0.2, 0.25) is 0 Å². The first kappa shape index (κ1) is 29.7. The minimum Gasteiger partial charge on any atom is -0.505 e. The number of benzene rings is 2. The topological polar surface area (TPSA) is 106 Å².